The third kappa shape index (κ3) is 5.91. The molecule has 228 valence electrons. The summed E-state index contributed by atoms with van der Waals surface area (Å²) in [7, 11) is 3.29. The van der Waals surface area contributed by atoms with Gasteiger partial charge in [-0.15, -0.1) is 0 Å². The fourth-order valence-electron chi connectivity index (χ4n) is 6.50. The number of amides is 1. The summed E-state index contributed by atoms with van der Waals surface area (Å²) in [6.45, 7) is 4.04. The topological polar surface area (TPSA) is 60.0 Å². The van der Waals surface area contributed by atoms with Crippen LogP contribution >= 0.6 is 0 Å². The van der Waals surface area contributed by atoms with Gasteiger partial charge in [-0.2, -0.15) is 0 Å². The van der Waals surface area contributed by atoms with E-state index in [1.54, 1.807) is 14.2 Å². The first-order valence-corrected chi connectivity index (χ1v) is 15.9. The molecule has 0 aromatic heterocycles. The van der Waals surface area contributed by atoms with Crippen molar-refractivity contribution in [3.63, 3.8) is 0 Å². The van der Waals surface area contributed by atoms with Crippen LogP contribution in [-0.2, 0) is 5.60 Å². The lowest BCUT2D eigenvalue weighted by molar-refractivity contribution is 0.0712. The van der Waals surface area contributed by atoms with Crippen molar-refractivity contribution in [2.45, 2.75) is 44.1 Å². The monoisotopic (exact) mass is 590 g/mol. The van der Waals surface area contributed by atoms with Gasteiger partial charge in [0.25, 0.3) is 5.91 Å². The third-order valence-electron chi connectivity index (χ3n) is 8.88. The van der Waals surface area contributed by atoms with E-state index < -0.39 is 5.60 Å². The van der Waals surface area contributed by atoms with Gasteiger partial charge in [0.1, 0.15) is 17.2 Å². The summed E-state index contributed by atoms with van der Waals surface area (Å²) < 4.78 is 18.4. The van der Waals surface area contributed by atoms with E-state index >= 15 is 0 Å². The van der Waals surface area contributed by atoms with Gasteiger partial charge in [0, 0.05) is 35.8 Å². The van der Waals surface area contributed by atoms with Crippen LogP contribution in [0.4, 0.5) is 0 Å². The molecule has 0 aliphatic carbocycles. The van der Waals surface area contributed by atoms with Crippen LogP contribution in [0.15, 0.2) is 84.9 Å². The predicted octanol–water partition coefficient (Wildman–Crippen LogP) is 7.59. The van der Waals surface area contributed by atoms with Gasteiger partial charge >= 0.3 is 0 Å². The van der Waals surface area contributed by atoms with Crippen LogP contribution in [0.2, 0.25) is 0 Å². The number of carbonyl (C=O) groups is 1. The van der Waals surface area contributed by atoms with Gasteiger partial charge in [-0.05, 0) is 86.3 Å². The van der Waals surface area contributed by atoms with Crippen molar-refractivity contribution in [3.05, 3.63) is 107 Å². The van der Waals surface area contributed by atoms with E-state index in [-0.39, 0.29) is 5.91 Å². The van der Waals surface area contributed by atoms with Gasteiger partial charge in [-0.3, -0.25) is 4.79 Å². The molecule has 2 fully saturated rings. The standard InChI is InChI=1S/C33H31NO4.C5H11N/c1-36-25-15-16-29(30(22-25)37-2)33(24-12-5-3-6-13-24)18-17-27-26-14-8-7-11-23(26)21-28(31(27)38-33)32(35)34-19-9-4-10-20-34;1-2-4-6-5-3-1/h3,5-8,11-18,21-22H,4,9-10,19-20H2,1-2H3;6H,1-5H2. The van der Waals surface area contributed by atoms with Crippen molar-refractivity contribution >= 4 is 22.8 Å². The fraction of sp³-hybridized carbons (Fsp3) is 0.342. The number of hydrogen-bond acceptors (Lipinski definition) is 5. The number of nitrogens with zero attached hydrogens (tertiary/aromatic N) is 1. The van der Waals surface area contributed by atoms with Gasteiger partial charge < -0.3 is 24.4 Å². The molecular formula is C38H42N2O4. The molecule has 4 aromatic carbocycles. The Balaban J connectivity index is 0.000000513. The van der Waals surface area contributed by atoms with Gasteiger partial charge in [0.05, 0.1) is 19.8 Å². The summed E-state index contributed by atoms with van der Waals surface area (Å²) in [6, 6.07) is 26.0. The molecule has 1 atom stereocenters. The summed E-state index contributed by atoms with van der Waals surface area (Å²) in [5, 5.41) is 5.36. The second-order valence-electron chi connectivity index (χ2n) is 11.7. The van der Waals surface area contributed by atoms with E-state index in [4.69, 9.17) is 14.2 Å². The highest BCUT2D eigenvalue weighted by atomic mass is 16.5. The normalized spacial score (nSPS) is 19.3. The number of carbonyl (C=O) groups excluding carboxylic acids is 1. The molecule has 3 heterocycles. The molecule has 3 aliphatic heterocycles. The number of piperidine rings is 2. The molecule has 0 spiro atoms. The Morgan fingerprint density at radius 3 is 2.23 bits per heavy atom. The Morgan fingerprint density at radius 2 is 1.55 bits per heavy atom. The molecule has 3 aliphatic rings. The molecule has 44 heavy (non-hydrogen) atoms. The Morgan fingerprint density at radius 1 is 0.818 bits per heavy atom. The maximum atomic E-state index is 14.0. The van der Waals surface area contributed by atoms with Crippen LogP contribution in [-0.4, -0.2) is 51.2 Å². The number of ether oxygens (including phenoxy) is 3. The molecule has 0 saturated carbocycles. The van der Waals surface area contributed by atoms with Crippen LogP contribution in [0, 0.1) is 0 Å². The van der Waals surface area contributed by atoms with E-state index in [0.717, 1.165) is 59.8 Å². The second kappa shape index (κ2) is 13.6. The molecule has 2 saturated heterocycles. The second-order valence-corrected chi connectivity index (χ2v) is 11.7. The van der Waals surface area contributed by atoms with E-state index in [0.29, 0.717) is 22.8 Å². The number of hydrogen-bond donors (Lipinski definition) is 1. The zero-order valence-electron chi connectivity index (χ0n) is 25.8. The van der Waals surface area contributed by atoms with Crippen LogP contribution in [0.5, 0.6) is 17.2 Å². The van der Waals surface area contributed by atoms with Gasteiger partial charge in [-0.1, -0.05) is 61.0 Å². The summed E-state index contributed by atoms with van der Waals surface area (Å²) in [5.41, 5.74) is 2.28. The molecular weight excluding hydrogens is 548 g/mol. The van der Waals surface area contributed by atoms with Crippen molar-refractivity contribution < 1.29 is 19.0 Å². The first-order valence-electron chi connectivity index (χ1n) is 15.9. The smallest absolute Gasteiger partial charge is 0.257 e. The number of benzene rings is 4. The first-order chi connectivity index (χ1) is 21.6. The highest BCUT2D eigenvalue weighted by Gasteiger charge is 2.41. The predicted molar refractivity (Wildman–Crippen MR) is 177 cm³/mol. The summed E-state index contributed by atoms with van der Waals surface area (Å²) in [4.78, 5) is 16.0. The quantitative estimate of drug-likeness (QED) is 0.260. The minimum Gasteiger partial charge on any atom is -0.497 e. The lowest BCUT2D eigenvalue weighted by Gasteiger charge is -2.38. The fourth-order valence-corrected chi connectivity index (χ4v) is 6.50. The largest absolute Gasteiger partial charge is 0.497 e. The van der Waals surface area contributed by atoms with Gasteiger partial charge in [0.15, 0.2) is 5.60 Å². The summed E-state index contributed by atoms with van der Waals surface area (Å²) in [5.74, 6) is 1.96. The lowest BCUT2D eigenvalue weighted by Crippen LogP contribution is -2.38. The molecule has 0 bridgehead atoms. The van der Waals surface area contributed by atoms with Crippen molar-refractivity contribution in [2.24, 2.45) is 0 Å². The maximum absolute atomic E-state index is 14.0. The number of nitrogens with one attached hydrogen (secondary N) is 1. The Kier molecular flexibility index (Phi) is 9.17. The molecule has 0 radical (unpaired) electrons. The van der Waals surface area contributed by atoms with E-state index in [1.807, 2.05) is 71.6 Å². The first kappa shape index (κ1) is 29.8. The molecule has 1 amide bonds. The number of fused-ring (bicyclic) bond motifs is 3. The highest BCUT2D eigenvalue weighted by Crippen LogP contribution is 2.48. The Hall–Kier alpha value is -4.29. The minimum absolute atomic E-state index is 0.0191. The third-order valence-corrected chi connectivity index (χ3v) is 8.88. The Bertz CT molecular complexity index is 1610. The van der Waals surface area contributed by atoms with Crippen molar-refractivity contribution in [3.8, 4) is 17.2 Å². The molecule has 1 N–H and O–H groups in total. The molecule has 6 nitrogen and oxygen atoms in total. The minimum atomic E-state index is -1.01. The zero-order valence-corrected chi connectivity index (χ0v) is 25.8. The van der Waals surface area contributed by atoms with E-state index in [9.17, 15) is 4.79 Å². The van der Waals surface area contributed by atoms with Crippen LogP contribution < -0.4 is 19.5 Å². The van der Waals surface area contributed by atoms with Crippen molar-refractivity contribution in [2.75, 3.05) is 40.4 Å². The summed E-state index contributed by atoms with van der Waals surface area (Å²) in [6.07, 6.45) is 11.6. The average Bonchev–Trinajstić information content (AvgIpc) is 3.12. The molecule has 4 aromatic rings. The van der Waals surface area contributed by atoms with Crippen molar-refractivity contribution in [1.82, 2.24) is 10.2 Å². The number of methoxy groups -OCH3 is 2. The van der Waals surface area contributed by atoms with Gasteiger partial charge in [0.2, 0.25) is 0 Å². The number of rotatable bonds is 5. The molecule has 7 rings (SSSR count). The van der Waals surface area contributed by atoms with Crippen molar-refractivity contribution in [1.29, 1.82) is 0 Å². The maximum Gasteiger partial charge on any atom is 0.257 e. The molecule has 6 heteroatoms. The Labute approximate surface area is 260 Å². The van der Waals surface area contributed by atoms with Crippen LogP contribution in [0.3, 0.4) is 0 Å². The van der Waals surface area contributed by atoms with Crippen LogP contribution in [0.1, 0.15) is 65.6 Å². The molecule has 1 unspecified atom stereocenters. The SMILES string of the molecule is C1CCNCC1.COc1ccc(C2(c3ccccc3)C=Cc3c(c(C(=O)N4CCCCC4)cc4ccccc34)O2)c(OC)c1. The summed E-state index contributed by atoms with van der Waals surface area (Å²) >= 11 is 0. The highest BCUT2D eigenvalue weighted by molar-refractivity contribution is 6.06. The average molecular weight is 591 g/mol. The van der Waals surface area contributed by atoms with Gasteiger partial charge in [-0.25, -0.2) is 0 Å². The lowest BCUT2D eigenvalue weighted by atomic mass is 9.82. The number of likely N-dealkylation sites (tertiary alicyclic amines) is 1. The van der Waals surface area contributed by atoms with E-state index in [2.05, 4.69) is 29.6 Å². The van der Waals surface area contributed by atoms with E-state index in [1.165, 1.54) is 32.4 Å². The van der Waals surface area contributed by atoms with Crippen LogP contribution in [0.25, 0.3) is 16.8 Å². The zero-order chi connectivity index (χ0) is 30.4.